The van der Waals surface area contributed by atoms with E-state index in [1.807, 2.05) is 12.1 Å². The van der Waals surface area contributed by atoms with Crippen LogP contribution >= 0.6 is 0 Å². The number of carbonyl (C=O) groups is 2. The van der Waals surface area contributed by atoms with Crippen LogP contribution in [0.25, 0.3) is 0 Å². The molecule has 2 aliphatic carbocycles. The molecular weight excluding hydrogens is 266 g/mol. The lowest BCUT2D eigenvalue weighted by molar-refractivity contribution is -0.156. The van der Waals surface area contributed by atoms with Crippen molar-refractivity contribution in [1.82, 2.24) is 4.90 Å². The Balaban J connectivity index is 1.82. The number of aryl methyl sites for hydroxylation is 1. The van der Waals surface area contributed by atoms with Crippen LogP contribution in [0.1, 0.15) is 37.3 Å². The fraction of sp³-hybridized carbons (Fsp3) is 0.529. The molecule has 1 aromatic carbocycles. The molecule has 2 aliphatic rings. The molecule has 3 unspecified atom stereocenters. The highest BCUT2D eigenvalue weighted by atomic mass is 16.4. The average Bonchev–Trinajstić information content (AvgIpc) is 3.20. The molecule has 112 valence electrons. The molecule has 3 rings (SSSR count). The van der Waals surface area contributed by atoms with Gasteiger partial charge < -0.3 is 10.0 Å². The van der Waals surface area contributed by atoms with E-state index in [-0.39, 0.29) is 17.7 Å². The summed E-state index contributed by atoms with van der Waals surface area (Å²) in [5.41, 5.74) is 1.46. The molecule has 1 N–H and O–H groups in total. The number of benzene rings is 1. The second-order valence-electron chi connectivity index (χ2n) is 6.71. The molecule has 1 fully saturated rings. The zero-order valence-electron chi connectivity index (χ0n) is 12.7. The minimum Gasteiger partial charge on any atom is -0.480 e. The number of fused-ring (bicyclic) bond motifs is 3. The van der Waals surface area contributed by atoms with E-state index < -0.39 is 11.5 Å². The molecule has 1 aromatic rings. The molecule has 0 spiro atoms. The van der Waals surface area contributed by atoms with Gasteiger partial charge in [0.15, 0.2) is 0 Å². The Morgan fingerprint density at radius 3 is 2.62 bits per heavy atom. The van der Waals surface area contributed by atoms with E-state index in [0.717, 1.165) is 12.8 Å². The monoisotopic (exact) mass is 287 g/mol. The summed E-state index contributed by atoms with van der Waals surface area (Å²) in [6.07, 6.45) is 2.05. The molecule has 0 saturated heterocycles. The lowest BCUT2D eigenvalue weighted by Crippen LogP contribution is -2.51. The zero-order chi connectivity index (χ0) is 15.4. The molecule has 1 saturated carbocycles. The van der Waals surface area contributed by atoms with Gasteiger partial charge in [-0.05, 0) is 49.7 Å². The first kappa shape index (κ1) is 14.1. The molecule has 0 radical (unpaired) electrons. The van der Waals surface area contributed by atoms with E-state index in [2.05, 4.69) is 12.1 Å². The lowest BCUT2D eigenvalue weighted by atomic mass is 9.92. The van der Waals surface area contributed by atoms with E-state index in [1.165, 1.54) is 16.0 Å². The molecule has 0 aliphatic heterocycles. The van der Waals surface area contributed by atoms with Crippen molar-refractivity contribution in [1.29, 1.82) is 0 Å². The van der Waals surface area contributed by atoms with Gasteiger partial charge in [0, 0.05) is 13.0 Å². The third kappa shape index (κ3) is 2.04. The van der Waals surface area contributed by atoms with Crippen LogP contribution in [-0.4, -0.2) is 34.5 Å². The molecule has 4 nitrogen and oxygen atoms in total. The summed E-state index contributed by atoms with van der Waals surface area (Å²) in [4.78, 5) is 25.4. The highest BCUT2D eigenvalue weighted by molar-refractivity contribution is 5.90. The van der Waals surface area contributed by atoms with E-state index in [0.29, 0.717) is 5.92 Å². The number of amides is 1. The number of nitrogens with zero attached hydrogens (tertiary/aromatic N) is 1. The predicted octanol–water partition coefficient (Wildman–Crippen LogP) is 2.28. The van der Waals surface area contributed by atoms with Crippen molar-refractivity contribution in [3.05, 3.63) is 35.4 Å². The maximum absolute atomic E-state index is 12.7. The second-order valence-corrected chi connectivity index (χ2v) is 6.71. The number of hydrogen-bond acceptors (Lipinski definition) is 2. The van der Waals surface area contributed by atoms with Gasteiger partial charge in [-0.1, -0.05) is 24.3 Å². The minimum absolute atomic E-state index is 0.0332. The van der Waals surface area contributed by atoms with Crippen LogP contribution in [0.5, 0.6) is 0 Å². The first-order chi connectivity index (χ1) is 9.85. The fourth-order valence-corrected chi connectivity index (χ4v) is 3.55. The molecule has 1 amide bonds. The molecule has 0 aromatic heterocycles. The number of carbonyl (C=O) groups excluding carboxylic acids is 1. The highest BCUT2D eigenvalue weighted by Crippen LogP contribution is 2.60. The Kier molecular flexibility index (Phi) is 3.08. The molecule has 21 heavy (non-hydrogen) atoms. The van der Waals surface area contributed by atoms with Crippen molar-refractivity contribution in [3.63, 3.8) is 0 Å². The van der Waals surface area contributed by atoms with Gasteiger partial charge in [-0.3, -0.25) is 4.79 Å². The van der Waals surface area contributed by atoms with Crippen LogP contribution in [0, 0.1) is 11.8 Å². The molecule has 4 heteroatoms. The van der Waals surface area contributed by atoms with Gasteiger partial charge in [-0.2, -0.15) is 0 Å². The Bertz CT molecular complexity index is 608. The van der Waals surface area contributed by atoms with E-state index >= 15 is 0 Å². The van der Waals surface area contributed by atoms with Crippen LogP contribution in [0.2, 0.25) is 0 Å². The van der Waals surface area contributed by atoms with Gasteiger partial charge in [-0.25, -0.2) is 4.79 Å². The fourth-order valence-electron chi connectivity index (χ4n) is 3.55. The summed E-state index contributed by atoms with van der Waals surface area (Å²) in [5.74, 6) is -0.373. The van der Waals surface area contributed by atoms with Gasteiger partial charge in [0.25, 0.3) is 0 Å². The van der Waals surface area contributed by atoms with Crippen molar-refractivity contribution < 1.29 is 14.7 Å². The average molecular weight is 287 g/mol. The van der Waals surface area contributed by atoms with Crippen molar-refractivity contribution in [2.45, 2.75) is 38.1 Å². The van der Waals surface area contributed by atoms with Crippen LogP contribution in [0.15, 0.2) is 24.3 Å². The summed E-state index contributed by atoms with van der Waals surface area (Å²) < 4.78 is 0. The topological polar surface area (TPSA) is 57.6 Å². The number of aliphatic carboxylic acids is 1. The van der Waals surface area contributed by atoms with Crippen LogP contribution in [0.3, 0.4) is 0 Å². The number of carboxylic acids is 1. The summed E-state index contributed by atoms with van der Waals surface area (Å²) in [6.45, 7) is 3.15. The molecule has 3 atom stereocenters. The molecule has 0 heterocycles. The Morgan fingerprint density at radius 2 is 1.95 bits per heavy atom. The standard InChI is InChI=1S/C17H21NO3/c1-17(2,16(20)21)18(3)15(19)14-12-9-8-10-6-4-5-7-11(10)13(12)14/h4-7,12-14H,8-9H2,1-3H3,(H,20,21). The van der Waals surface area contributed by atoms with Gasteiger partial charge in [0.2, 0.25) is 5.91 Å². The van der Waals surface area contributed by atoms with Gasteiger partial charge >= 0.3 is 5.97 Å². The van der Waals surface area contributed by atoms with E-state index in [9.17, 15) is 14.7 Å². The van der Waals surface area contributed by atoms with E-state index in [4.69, 9.17) is 0 Å². The minimum atomic E-state index is -1.16. The number of hydrogen-bond donors (Lipinski definition) is 1. The van der Waals surface area contributed by atoms with Crippen molar-refractivity contribution in [3.8, 4) is 0 Å². The first-order valence-electron chi connectivity index (χ1n) is 7.44. The number of rotatable bonds is 3. The molecule has 0 bridgehead atoms. The Hall–Kier alpha value is -1.84. The van der Waals surface area contributed by atoms with Crippen LogP contribution < -0.4 is 0 Å². The van der Waals surface area contributed by atoms with E-state index in [1.54, 1.807) is 20.9 Å². The smallest absolute Gasteiger partial charge is 0.329 e. The third-order valence-electron chi connectivity index (χ3n) is 5.31. The summed E-state index contributed by atoms with van der Waals surface area (Å²) >= 11 is 0. The Labute approximate surface area is 124 Å². The third-order valence-corrected chi connectivity index (χ3v) is 5.31. The normalized spacial score (nSPS) is 26.5. The summed E-state index contributed by atoms with van der Waals surface area (Å²) in [7, 11) is 1.60. The van der Waals surface area contributed by atoms with Crippen molar-refractivity contribution in [2.24, 2.45) is 11.8 Å². The maximum Gasteiger partial charge on any atom is 0.329 e. The van der Waals surface area contributed by atoms with Crippen LogP contribution in [-0.2, 0) is 16.0 Å². The lowest BCUT2D eigenvalue weighted by Gasteiger charge is -2.31. The van der Waals surface area contributed by atoms with Crippen LogP contribution in [0.4, 0.5) is 0 Å². The quantitative estimate of drug-likeness (QED) is 0.928. The van der Waals surface area contributed by atoms with Gasteiger partial charge in [0.05, 0.1) is 0 Å². The first-order valence-corrected chi connectivity index (χ1v) is 7.44. The summed E-state index contributed by atoms with van der Waals surface area (Å²) in [5, 5.41) is 9.29. The number of carboxylic acid groups (broad SMARTS) is 1. The Morgan fingerprint density at radius 1 is 1.29 bits per heavy atom. The molecular formula is C17H21NO3. The van der Waals surface area contributed by atoms with Gasteiger partial charge in [0.1, 0.15) is 5.54 Å². The predicted molar refractivity (Wildman–Crippen MR) is 79.0 cm³/mol. The summed E-state index contributed by atoms with van der Waals surface area (Å²) in [6, 6.07) is 8.31. The van der Waals surface area contributed by atoms with Gasteiger partial charge in [-0.15, -0.1) is 0 Å². The van der Waals surface area contributed by atoms with Crippen molar-refractivity contribution in [2.75, 3.05) is 7.05 Å². The second kappa shape index (κ2) is 4.58. The number of likely N-dealkylation sites (N-methyl/N-ethyl adjacent to an activating group) is 1. The van der Waals surface area contributed by atoms with Crippen molar-refractivity contribution >= 4 is 11.9 Å². The highest BCUT2D eigenvalue weighted by Gasteiger charge is 2.58. The zero-order valence-corrected chi connectivity index (χ0v) is 12.7. The SMILES string of the molecule is CN(C(=O)C1C2CCc3ccccc3C21)C(C)(C)C(=O)O. The maximum atomic E-state index is 12.7. The largest absolute Gasteiger partial charge is 0.480 e.